The molecule has 3 nitrogen and oxygen atoms in total. The summed E-state index contributed by atoms with van der Waals surface area (Å²) in [6.07, 6.45) is 4.80. The zero-order valence-corrected chi connectivity index (χ0v) is 11.1. The highest BCUT2D eigenvalue weighted by atomic mass is 32.1. The third-order valence-electron chi connectivity index (χ3n) is 3.23. The van der Waals surface area contributed by atoms with E-state index in [0.717, 1.165) is 17.7 Å². The van der Waals surface area contributed by atoms with Crippen LogP contribution < -0.4 is 11.1 Å². The Morgan fingerprint density at radius 1 is 1.53 bits per heavy atom. The molecule has 1 amide bonds. The van der Waals surface area contributed by atoms with Gasteiger partial charge in [-0.15, -0.1) is 11.3 Å². The number of hydrogen-bond donors (Lipinski definition) is 2. The van der Waals surface area contributed by atoms with Crippen molar-refractivity contribution in [3.05, 3.63) is 21.4 Å². The molecule has 0 radical (unpaired) electrons. The van der Waals surface area contributed by atoms with Crippen molar-refractivity contribution < 1.29 is 4.79 Å². The van der Waals surface area contributed by atoms with Crippen LogP contribution in [-0.4, -0.2) is 19.0 Å². The van der Waals surface area contributed by atoms with Gasteiger partial charge in [0.15, 0.2) is 0 Å². The Hall–Kier alpha value is -0.870. The number of carbonyl (C=O) groups excluding carboxylic acids is 1. The molecule has 0 aromatic carbocycles. The maximum absolute atomic E-state index is 11.9. The summed E-state index contributed by atoms with van der Waals surface area (Å²) in [7, 11) is 0. The van der Waals surface area contributed by atoms with Gasteiger partial charge in [0, 0.05) is 11.4 Å². The van der Waals surface area contributed by atoms with Crippen LogP contribution in [0.4, 0.5) is 0 Å². The fourth-order valence-corrected chi connectivity index (χ4v) is 3.21. The first-order valence-corrected chi connectivity index (χ1v) is 7.12. The molecule has 1 unspecified atom stereocenters. The monoisotopic (exact) mass is 252 g/mol. The van der Waals surface area contributed by atoms with E-state index in [4.69, 9.17) is 5.73 Å². The fraction of sp³-hybridized carbons (Fsp3) is 0.615. The first-order chi connectivity index (χ1) is 8.20. The number of rotatable bonds is 4. The Morgan fingerprint density at radius 3 is 3.00 bits per heavy atom. The maximum atomic E-state index is 11.9. The first-order valence-electron chi connectivity index (χ1n) is 6.30. The van der Waals surface area contributed by atoms with Gasteiger partial charge in [0.1, 0.15) is 0 Å². The second-order valence-corrected chi connectivity index (χ2v) is 5.95. The van der Waals surface area contributed by atoms with Gasteiger partial charge < -0.3 is 11.1 Å². The van der Waals surface area contributed by atoms with Crippen molar-refractivity contribution in [3.8, 4) is 0 Å². The molecular formula is C13H20N2OS. The van der Waals surface area contributed by atoms with Crippen LogP contribution in [0.2, 0.25) is 0 Å². The van der Waals surface area contributed by atoms with Crippen molar-refractivity contribution in [1.82, 2.24) is 5.32 Å². The average molecular weight is 252 g/mol. The standard InChI is InChI=1S/C13H20N2OS/c1-9(7-14)8-15-13(16)12-6-10-4-2-3-5-11(10)17-12/h6,9H,2-5,7-8,14H2,1H3,(H,15,16). The number of fused-ring (bicyclic) bond motifs is 1. The van der Waals surface area contributed by atoms with Crippen molar-refractivity contribution in [3.63, 3.8) is 0 Å². The Morgan fingerprint density at radius 2 is 2.29 bits per heavy atom. The predicted octanol–water partition coefficient (Wildman–Crippen LogP) is 1.95. The van der Waals surface area contributed by atoms with Gasteiger partial charge in [-0.2, -0.15) is 0 Å². The van der Waals surface area contributed by atoms with Crippen LogP contribution in [0.3, 0.4) is 0 Å². The van der Waals surface area contributed by atoms with E-state index in [1.165, 1.54) is 23.3 Å². The minimum Gasteiger partial charge on any atom is -0.351 e. The summed E-state index contributed by atoms with van der Waals surface area (Å²) < 4.78 is 0. The minimum absolute atomic E-state index is 0.0599. The number of amides is 1. The van der Waals surface area contributed by atoms with Gasteiger partial charge in [0.05, 0.1) is 4.88 Å². The van der Waals surface area contributed by atoms with Crippen molar-refractivity contribution in [2.24, 2.45) is 11.7 Å². The third-order valence-corrected chi connectivity index (χ3v) is 4.47. The Labute approximate surface area is 106 Å². The lowest BCUT2D eigenvalue weighted by atomic mass is 9.99. The van der Waals surface area contributed by atoms with Crippen molar-refractivity contribution in [2.45, 2.75) is 32.6 Å². The fourth-order valence-electron chi connectivity index (χ4n) is 2.04. The Bertz CT molecular complexity index is 377. The zero-order chi connectivity index (χ0) is 12.3. The van der Waals surface area contributed by atoms with Crippen LogP contribution in [0.5, 0.6) is 0 Å². The molecule has 0 aliphatic heterocycles. The Balaban J connectivity index is 1.97. The Kier molecular flexibility index (Phi) is 4.18. The van der Waals surface area contributed by atoms with Gasteiger partial charge in [0.25, 0.3) is 5.91 Å². The molecule has 1 heterocycles. The lowest BCUT2D eigenvalue weighted by molar-refractivity contribution is 0.0952. The van der Waals surface area contributed by atoms with Gasteiger partial charge in [0.2, 0.25) is 0 Å². The highest BCUT2D eigenvalue weighted by molar-refractivity contribution is 7.14. The quantitative estimate of drug-likeness (QED) is 0.860. The van der Waals surface area contributed by atoms with E-state index in [1.807, 2.05) is 6.92 Å². The van der Waals surface area contributed by atoms with E-state index in [0.29, 0.717) is 19.0 Å². The largest absolute Gasteiger partial charge is 0.351 e. The van der Waals surface area contributed by atoms with Crippen LogP contribution in [0.15, 0.2) is 6.07 Å². The topological polar surface area (TPSA) is 55.1 Å². The molecule has 0 spiro atoms. The van der Waals surface area contributed by atoms with E-state index in [1.54, 1.807) is 11.3 Å². The molecule has 94 valence electrons. The smallest absolute Gasteiger partial charge is 0.261 e. The predicted molar refractivity (Wildman–Crippen MR) is 71.5 cm³/mol. The molecule has 1 aromatic rings. The van der Waals surface area contributed by atoms with E-state index in [-0.39, 0.29) is 5.91 Å². The number of nitrogens with one attached hydrogen (secondary N) is 1. The van der Waals surface area contributed by atoms with Crippen molar-refractivity contribution in [2.75, 3.05) is 13.1 Å². The highest BCUT2D eigenvalue weighted by Gasteiger charge is 2.17. The highest BCUT2D eigenvalue weighted by Crippen LogP contribution is 2.29. The molecule has 1 atom stereocenters. The van der Waals surface area contributed by atoms with Crippen LogP contribution in [0, 0.1) is 5.92 Å². The zero-order valence-electron chi connectivity index (χ0n) is 10.3. The van der Waals surface area contributed by atoms with E-state index in [2.05, 4.69) is 11.4 Å². The number of thiophene rings is 1. The number of aryl methyl sites for hydroxylation is 2. The molecule has 1 aliphatic carbocycles. The molecule has 1 aliphatic rings. The molecule has 3 N–H and O–H groups in total. The van der Waals surface area contributed by atoms with Crippen LogP contribution in [-0.2, 0) is 12.8 Å². The van der Waals surface area contributed by atoms with E-state index in [9.17, 15) is 4.79 Å². The lowest BCUT2D eigenvalue weighted by Gasteiger charge is -2.08. The molecule has 0 saturated carbocycles. The SMILES string of the molecule is CC(CN)CNC(=O)c1cc2c(s1)CCCC2. The van der Waals surface area contributed by atoms with E-state index >= 15 is 0 Å². The molecule has 4 heteroatoms. The normalized spacial score (nSPS) is 16.4. The first kappa shape index (κ1) is 12.6. The summed E-state index contributed by atoms with van der Waals surface area (Å²) in [5.41, 5.74) is 6.92. The number of carbonyl (C=O) groups is 1. The third kappa shape index (κ3) is 3.07. The summed E-state index contributed by atoms with van der Waals surface area (Å²) in [5, 5.41) is 2.95. The summed E-state index contributed by atoms with van der Waals surface area (Å²) in [6, 6.07) is 2.07. The molecule has 17 heavy (non-hydrogen) atoms. The summed E-state index contributed by atoms with van der Waals surface area (Å²) in [5.74, 6) is 0.401. The van der Waals surface area contributed by atoms with Gasteiger partial charge in [-0.05, 0) is 49.8 Å². The maximum Gasteiger partial charge on any atom is 0.261 e. The van der Waals surface area contributed by atoms with Gasteiger partial charge >= 0.3 is 0 Å². The summed E-state index contributed by atoms with van der Waals surface area (Å²) >= 11 is 1.66. The molecule has 0 fully saturated rings. The molecule has 1 aromatic heterocycles. The molecular weight excluding hydrogens is 232 g/mol. The average Bonchev–Trinajstić information content (AvgIpc) is 2.79. The second-order valence-electron chi connectivity index (χ2n) is 4.82. The van der Waals surface area contributed by atoms with Gasteiger partial charge in [-0.25, -0.2) is 0 Å². The van der Waals surface area contributed by atoms with Crippen LogP contribution in [0.1, 0.15) is 39.9 Å². The second kappa shape index (κ2) is 5.65. The lowest BCUT2D eigenvalue weighted by Crippen LogP contribution is -2.30. The van der Waals surface area contributed by atoms with Crippen LogP contribution in [0.25, 0.3) is 0 Å². The molecule has 0 bridgehead atoms. The van der Waals surface area contributed by atoms with Gasteiger partial charge in [-0.1, -0.05) is 6.92 Å². The van der Waals surface area contributed by atoms with Crippen molar-refractivity contribution >= 4 is 17.2 Å². The minimum atomic E-state index is 0.0599. The van der Waals surface area contributed by atoms with E-state index < -0.39 is 0 Å². The number of nitrogens with two attached hydrogens (primary N) is 1. The molecule has 2 rings (SSSR count). The van der Waals surface area contributed by atoms with Crippen molar-refractivity contribution in [1.29, 1.82) is 0 Å². The summed E-state index contributed by atoms with van der Waals surface area (Å²) in [6.45, 7) is 3.32. The number of hydrogen-bond acceptors (Lipinski definition) is 3. The molecule has 0 saturated heterocycles. The van der Waals surface area contributed by atoms with Gasteiger partial charge in [-0.3, -0.25) is 4.79 Å². The summed E-state index contributed by atoms with van der Waals surface area (Å²) in [4.78, 5) is 14.2. The van der Waals surface area contributed by atoms with Crippen LogP contribution >= 0.6 is 11.3 Å².